The number of hydrogen-bond donors (Lipinski definition) is 0. The van der Waals surface area contributed by atoms with Crippen LogP contribution in [0.3, 0.4) is 0 Å². The first kappa shape index (κ1) is 8.08. The summed E-state index contributed by atoms with van der Waals surface area (Å²) in [5, 5.41) is 0. The number of benzene rings is 1. The lowest BCUT2D eigenvalue weighted by Crippen LogP contribution is -1.69. The van der Waals surface area contributed by atoms with Gasteiger partial charge in [0.25, 0.3) is 0 Å². The van der Waals surface area contributed by atoms with Crippen molar-refractivity contribution in [3.8, 4) is 0 Å². The van der Waals surface area contributed by atoms with E-state index in [0.717, 1.165) is 9.37 Å². The molecule has 0 amide bonds. The molecule has 0 nitrogen and oxygen atoms in total. The molecule has 0 unspecified atom stereocenters. The molecule has 3 heteroatoms. The molecule has 0 fully saturated rings. The van der Waals surface area contributed by atoms with Crippen molar-refractivity contribution in [2.24, 2.45) is 0 Å². The van der Waals surface area contributed by atoms with Crippen molar-refractivity contribution >= 4 is 27.7 Å². The highest BCUT2D eigenvalue weighted by Crippen LogP contribution is 2.20. The topological polar surface area (TPSA) is 0 Å². The molecule has 0 saturated heterocycles. The fourth-order valence-corrected chi connectivity index (χ4v) is 1.31. The summed E-state index contributed by atoms with van der Waals surface area (Å²) in [6, 6.07) is 7.21. The molecule has 1 aromatic rings. The summed E-state index contributed by atoms with van der Waals surface area (Å²) in [5.41, 5.74) is 0. The van der Waals surface area contributed by atoms with E-state index < -0.39 is 0 Å². The van der Waals surface area contributed by atoms with Crippen LogP contribution in [-0.4, -0.2) is 6.01 Å². The van der Waals surface area contributed by atoms with E-state index in [1.807, 2.05) is 24.3 Å². The van der Waals surface area contributed by atoms with Crippen LogP contribution >= 0.6 is 27.7 Å². The van der Waals surface area contributed by atoms with Crippen molar-refractivity contribution in [3.63, 3.8) is 0 Å². The van der Waals surface area contributed by atoms with Gasteiger partial charge in [0.2, 0.25) is 0 Å². The summed E-state index contributed by atoms with van der Waals surface area (Å²) in [6.07, 6.45) is 0. The van der Waals surface area contributed by atoms with Crippen LogP contribution in [0.4, 0.5) is 4.39 Å². The Labute approximate surface area is 72.0 Å². The lowest BCUT2D eigenvalue weighted by molar-refractivity contribution is 0.605. The van der Waals surface area contributed by atoms with Gasteiger partial charge in [-0.15, -0.1) is 0 Å². The normalized spacial score (nSPS) is 9.80. The minimum Gasteiger partial charge on any atom is -0.239 e. The van der Waals surface area contributed by atoms with Gasteiger partial charge in [-0.05, 0) is 24.3 Å². The van der Waals surface area contributed by atoms with E-state index >= 15 is 0 Å². The highest BCUT2D eigenvalue weighted by Gasteiger charge is 1.90. The van der Waals surface area contributed by atoms with Gasteiger partial charge in [-0.2, -0.15) is 0 Å². The van der Waals surface area contributed by atoms with Gasteiger partial charge in [0, 0.05) is 9.37 Å². The Bertz CT molecular complexity index is 197. The second-order valence-electron chi connectivity index (χ2n) is 1.71. The fourth-order valence-electron chi connectivity index (χ4n) is 0.594. The second kappa shape index (κ2) is 3.98. The maximum Gasteiger partial charge on any atom is 0.139 e. The van der Waals surface area contributed by atoms with Gasteiger partial charge in [-0.1, -0.05) is 27.7 Å². The van der Waals surface area contributed by atoms with Crippen LogP contribution in [0.25, 0.3) is 0 Å². The number of rotatable bonds is 2. The van der Waals surface area contributed by atoms with Crippen LogP contribution in [0.1, 0.15) is 0 Å². The zero-order valence-corrected chi connectivity index (χ0v) is 7.58. The Morgan fingerprint density at radius 1 is 1.30 bits per heavy atom. The third-order valence-electron chi connectivity index (χ3n) is 1.03. The molecule has 1 aromatic carbocycles. The quantitative estimate of drug-likeness (QED) is 0.689. The van der Waals surface area contributed by atoms with Gasteiger partial charge in [-0.25, -0.2) is 4.39 Å². The van der Waals surface area contributed by atoms with E-state index in [0.29, 0.717) is 0 Å². The zero-order chi connectivity index (χ0) is 7.40. The minimum atomic E-state index is -0.359. The van der Waals surface area contributed by atoms with Crippen molar-refractivity contribution in [1.29, 1.82) is 0 Å². The third-order valence-corrected chi connectivity index (χ3v) is 2.28. The summed E-state index contributed by atoms with van der Waals surface area (Å²) in [5.74, 6) is 0. The van der Waals surface area contributed by atoms with Gasteiger partial charge < -0.3 is 0 Å². The van der Waals surface area contributed by atoms with E-state index in [1.165, 1.54) is 11.8 Å². The average Bonchev–Trinajstić information content (AvgIpc) is 1.95. The summed E-state index contributed by atoms with van der Waals surface area (Å²) in [7, 11) is 0. The molecule has 54 valence electrons. The highest BCUT2D eigenvalue weighted by molar-refractivity contribution is 9.10. The monoisotopic (exact) mass is 220 g/mol. The molecule has 0 bridgehead atoms. The number of halogens is 2. The van der Waals surface area contributed by atoms with Gasteiger partial charge in [0.1, 0.15) is 6.01 Å². The van der Waals surface area contributed by atoms with E-state index in [2.05, 4.69) is 15.9 Å². The van der Waals surface area contributed by atoms with E-state index in [9.17, 15) is 4.39 Å². The Morgan fingerprint density at radius 3 is 2.40 bits per heavy atom. The van der Waals surface area contributed by atoms with Gasteiger partial charge in [0.05, 0.1) is 0 Å². The first-order chi connectivity index (χ1) is 4.83. The Balaban J connectivity index is 2.69. The molecule has 0 aromatic heterocycles. The SMILES string of the molecule is FCSc1ccc(Br)cc1. The van der Waals surface area contributed by atoms with E-state index in [4.69, 9.17) is 0 Å². The van der Waals surface area contributed by atoms with Gasteiger partial charge in [-0.3, -0.25) is 0 Å². The van der Waals surface area contributed by atoms with Crippen LogP contribution < -0.4 is 0 Å². The number of hydrogen-bond acceptors (Lipinski definition) is 1. The lowest BCUT2D eigenvalue weighted by atomic mass is 10.4. The number of alkyl halides is 1. The van der Waals surface area contributed by atoms with Crippen LogP contribution in [0.5, 0.6) is 0 Å². The van der Waals surface area contributed by atoms with Crippen molar-refractivity contribution in [2.75, 3.05) is 6.01 Å². The molecule has 0 radical (unpaired) electrons. The van der Waals surface area contributed by atoms with Crippen LogP contribution in [-0.2, 0) is 0 Å². The maximum absolute atomic E-state index is 11.7. The summed E-state index contributed by atoms with van der Waals surface area (Å²) in [6.45, 7) is 0. The second-order valence-corrected chi connectivity index (χ2v) is 3.60. The molecular weight excluding hydrogens is 215 g/mol. The molecule has 0 atom stereocenters. The Morgan fingerprint density at radius 2 is 1.90 bits per heavy atom. The molecule has 0 spiro atoms. The number of thioether (sulfide) groups is 1. The molecule has 0 saturated carbocycles. The zero-order valence-electron chi connectivity index (χ0n) is 5.18. The van der Waals surface area contributed by atoms with Crippen molar-refractivity contribution in [3.05, 3.63) is 28.7 Å². The lowest BCUT2D eigenvalue weighted by Gasteiger charge is -1.94. The predicted octanol–water partition coefficient (Wildman–Crippen LogP) is 3.47. The van der Waals surface area contributed by atoms with Gasteiger partial charge >= 0.3 is 0 Å². The predicted molar refractivity (Wildman–Crippen MR) is 46.0 cm³/mol. The third kappa shape index (κ3) is 2.31. The Hall–Kier alpha value is -0.0200. The summed E-state index contributed by atoms with van der Waals surface area (Å²) in [4.78, 5) is 0.964. The highest BCUT2D eigenvalue weighted by atomic mass is 79.9. The average molecular weight is 221 g/mol. The van der Waals surface area contributed by atoms with E-state index in [-0.39, 0.29) is 6.01 Å². The molecule has 0 N–H and O–H groups in total. The molecule has 1 rings (SSSR count). The molecule has 0 heterocycles. The standard InChI is InChI=1S/C7H6BrFS/c8-6-1-3-7(4-2-6)10-5-9/h1-4H,5H2. The molecule has 0 aliphatic rings. The first-order valence-corrected chi connectivity index (χ1v) is 4.55. The van der Waals surface area contributed by atoms with Crippen molar-refractivity contribution < 1.29 is 4.39 Å². The van der Waals surface area contributed by atoms with Crippen LogP contribution in [0.15, 0.2) is 33.6 Å². The minimum absolute atomic E-state index is 0.359. The van der Waals surface area contributed by atoms with Gasteiger partial charge in [0.15, 0.2) is 0 Å². The summed E-state index contributed by atoms with van der Waals surface area (Å²) < 4.78 is 12.8. The summed E-state index contributed by atoms with van der Waals surface area (Å²) >= 11 is 4.49. The molecule has 10 heavy (non-hydrogen) atoms. The Kier molecular flexibility index (Phi) is 3.22. The van der Waals surface area contributed by atoms with Crippen molar-refractivity contribution in [2.45, 2.75) is 4.90 Å². The molecule has 0 aliphatic heterocycles. The van der Waals surface area contributed by atoms with E-state index in [1.54, 1.807) is 0 Å². The molecule has 0 aliphatic carbocycles. The first-order valence-electron chi connectivity index (χ1n) is 2.77. The largest absolute Gasteiger partial charge is 0.239 e. The van der Waals surface area contributed by atoms with Crippen molar-refractivity contribution in [1.82, 2.24) is 0 Å². The van der Waals surface area contributed by atoms with Crippen LogP contribution in [0.2, 0.25) is 0 Å². The maximum atomic E-state index is 11.7. The fraction of sp³-hybridized carbons (Fsp3) is 0.143. The van der Waals surface area contributed by atoms with Crippen LogP contribution in [0, 0.1) is 0 Å². The molecular formula is C7H6BrFS. The smallest absolute Gasteiger partial charge is 0.139 e.